The van der Waals surface area contributed by atoms with Crippen molar-refractivity contribution in [3.8, 4) is 0 Å². The molecule has 2 amide bonds. The van der Waals surface area contributed by atoms with Crippen LogP contribution in [0.4, 0.5) is 0 Å². The predicted molar refractivity (Wildman–Crippen MR) is 117 cm³/mol. The van der Waals surface area contributed by atoms with Crippen LogP contribution in [0, 0.1) is 0 Å². The maximum atomic E-state index is 13.0. The van der Waals surface area contributed by atoms with Crippen LogP contribution in [-0.4, -0.2) is 58.4 Å². The van der Waals surface area contributed by atoms with Gasteiger partial charge in [-0.25, -0.2) is 0 Å². The van der Waals surface area contributed by atoms with E-state index in [1.54, 1.807) is 28.8 Å². The second kappa shape index (κ2) is 9.01. The van der Waals surface area contributed by atoms with E-state index in [4.69, 9.17) is 0 Å². The van der Waals surface area contributed by atoms with Crippen LogP contribution in [0.3, 0.4) is 0 Å². The summed E-state index contributed by atoms with van der Waals surface area (Å²) in [6.07, 6.45) is 0.940. The third kappa shape index (κ3) is 4.49. The van der Waals surface area contributed by atoms with Gasteiger partial charge in [0.15, 0.2) is 0 Å². The van der Waals surface area contributed by atoms with E-state index >= 15 is 0 Å². The molecule has 0 aliphatic carbocycles. The van der Waals surface area contributed by atoms with E-state index < -0.39 is 6.04 Å². The highest BCUT2D eigenvalue weighted by Crippen LogP contribution is 2.26. The highest BCUT2D eigenvalue weighted by atomic mass is 32.2. The van der Waals surface area contributed by atoms with Crippen molar-refractivity contribution >= 4 is 23.6 Å². The Labute approximate surface area is 176 Å². The Hall–Kier alpha value is -2.31. The number of likely N-dealkylation sites (tertiary alicyclic amines) is 1. The molecule has 0 spiro atoms. The number of carbonyl (C=O) groups excluding carboxylic acids is 2. The normalized spacial score (nSPS) is 23.1. The maximum absolute atomic E-state index is 13.0. The van der Waals surface area contributed by atoms with Gasteiger partial charge >= 0.3 is 0 Å². The zero-order valence-electron chi connectivity index (χ0n) is 16.7. The molecule has 6 heteroatoms. The second-order valence-corrected chi connectivity index (χ2v) is 8.73. The summed E-state index contributed by atoms with van der Waals surface area (Å²) in [4.78, 5) is 29.9. The minimum absolute atomic E-state index is 0.0292. The van der Waals surface area contributed by atoms with Crippen molar-refractivity contribution in [3.63, 3.8) is 0 Å². The third-order valence-electron chi connectivity index (χ3n) is 5.86. The number of thioether (sulfide) groups is 1. The van der Waals surface area contributed by atoms with Crippen LogP contribution in [0.15, 0.2) is 60.7 Å². The van der Waals surface area contributed by atoms with Gasteiger partial charge in [0.1, 0.15) is 6.04 Å². The molecule has 2 fully saturated rings. The molecular formula is C23H27N3O2S. The standard InChI is InChI=1S/C23H27N3O2S/c1-17(18-8-4-2-5-9-18)25-13-12-20(14-25)24-22(27)21-15-29-16-26(21)23(28)19-10-6-3-7-11-19/h2-11,17,20-21H,12-16H2,1H3,(H,24,27). The first-order valence-corrected chi connectivity index (χ1v) is 11.3. The lowest BCUT2D eigenvalue weighted by molar-refractivity contribution is -0.125. The topological polar surface area (TPSA) is 52.7 Å². The third-order valence-corrected chi connectivity index (χ3v) is 6.87. The average molecular weight is 410 g/mol. The van der Waals surface area contributed by atoms with Gasteiger partial charge in [0, 0.05) is 36.5 Å². The Morgan fingerprint density at radius 1 is 1.07 bits per heavy atom. The van der Waals surface area contributed by atoms with Gasteiger partial charge in [0.2, 0.25) is 5.91 Å². The van der Waals surface area contributed by atoms with Gasteiger partial charge in [0.05, 0.1) is 5.88 Å². The van der Waals surface area contributed by atoms with Gasteiger partial charge in [-0.05, 0) is 31.0 Å². The lowest BCUT2D eigenvalue weighted by Crippen LogP contribution is -2.50. The minimum Gasteiger partial charge on any atom is -0.350 e. The van der Waals surface area contributed by atoms with E-state index in [-0.39, 0.29) is 17.9 Å². The van der Waals surface area contributed by atoms with Crippen molar-refractivity contribution < 1.29 is 9.59 Å². The first-order valence-electron chi connectivity index (χ1n) is 10.2. The molecule has 2 saturated heterocycles. The molecule has 0 bridgehead atoms. The first kappa shape index (κ1) is 20.0. The zero-order chi connectivity index (χ0) is 20.2. The number of hydrogen-bond donors (Lipinski definition) is 1. The Morgan fingerprint density at radius 2 is 1.76 bits per heavy atom. The molecule has 0 aromatic heterocycles. The van der Waals surface area contributed by atoms with E-state index in [9.17, 15) is 9.59 Å². The van der Waals surface area contributed by atoms with Crippen LogP contribution in [0.2, 0.25) is 0 Å². The molecule has 0 saturated carbocycles. The molecule has 152 valence electrons. The molecule has 0 radical (unpaired) electrons. The number of carbonyl (C=O) groups is 2. The highest BCUT2D eigenvalue weighted by molar-refractivity contribution is 7.99. The predicted octanol–water partition coefficient (Wildman–Crippen LogP) is 3.15. The van der Waals surface area contributed by atoms with Crippen molar-refractivity contribution in [1.82, 2.24) is 15.1 Å². The fraction of sp³-hybridized carbons (Fsp3) is 0.391. The molecule has 1 N–H and O–H groups in total. The summed E-state index contributed by atoms with van der Waals surface area (Å²) in [6, 6.07) is 19.7. The molecular weight excluding hydrogens is 382 g/mol. The Bertz CT molecular complexity index is 846. The van der Waals surface area contributed by atoms with Crippen molar-refractivity contribution in [3.05, 3.63) is 71.8 Å². The van der Waals surface area contributed by atoms with Gasteiger partial charge in [-0.3, -0.25) is 14.5 Å². The second-order valence-electron chi connectivity index (χ2n) is 7.73. The lowest BCUT2D eigenvalue weighted by atomic mass is 10.1. The molecule has 5 nitrogen and oxygen atoms in total. The van der Waals surface area contributed by atoms with E-state index in [1.807, 2.05) is 24.3 Å². The van der Waals surface area contributed by atoms with Crippen molar-refractivity contribution in [2.24, 2.45) is 0 Å². The number of nitrogens with zero attached hydrogens (tertiary/aromatic N) is 2. The Balaban J connectivity index is 1.35. The molecule has 2 aliphatic rings. The largest absolute Gasteiger partial charge is 0.350 e. The first-order chi connectivity index (χ1) is 14.1. The Kier molecular flexibility index (Phi) is 6.21. The summed E-state index contributed by atoms with van der Waals surface area (Å²) in [7, 11) is 0. The smallest absolute Gasteiger partial charge is 0.255 e. The molecule has 2 aliphatic heterocycles. The summed E-state index contributed by atoms with van der Waals surface area (Å²) < 4.78 is 0. The zero-order valence-corrected chi connectivity index (χ0v) is 17.5. The fourth-order valence-electron chi connectivity index (χ4n) is 4.10. The highest BCUT2D eigenvalue weighted by Gasteiger charge is 2.37. The molecule has 3 unspecified atom stereocenters. The summed E-state index contributed by atoms with van der Waals surface area (Å²) in [5.41, 5.74) is 1.93. The van der Waals surface area contributed by atoms with Gasteiger partial charge in [-0.2, -0.15) is 0 Å². The summed E-state index contributed by atoms with van der Waals surface area (Å²) >= 11 is 1.64. The minimum atomic E-state index is -0.395. The van der Waals surface area contributed by atoms with Crippen molar-refractivity contribution in [2.45, 2.75) is 31.5 Å². The van der Waals surface area contributed by atoms with Crippen LogP contribution < -0.4 is 5.32 Å². The van der Waals surface area contributed by atoms with Crippen LogP contribution in [0.1, 0.15) is 35.3 Å². The summed E-state index contributed by atoms with van der Waals surface area (Å²) in [5.74, 6) is 1.12. The number of amides is 2. The molecule has 2 heterocycles. The number of nitrogens with one attached hydrogen (secondary N) is 1. The fourth-order valence-corrected chi connectivity index (χ4v) is 5.26. The lowest BCUT2D eigenvalue weighted by Gasteiger charge is -2.26. The van der Waals surface area contributed by atoms with Crippen LogP contribution >= 0.6 is 11.8 Å². The number of hydrogen-bond acceptors (Lipinski definition) is 4. The van der Waals surface area contributed by atoms with Crippen molar-refractivity contribution in [1.29, 1.82) is 0 Å². The van der Waals surface area contributed by atoms with Crippen LogP contribution in [0.5, 0.6) is 0 Å². The molecule has 4 rings (SSSR count). The van der Waals surface area contributed by atoms with Gasteiger partial charge in [0.25, 0.3) is 5.91 Å². The SMILES string of the molecule is CC(c1ccccc1)N1CCC(NC(=O)C2CSCN2C(=O)c2ccccc2)C1. The monoisotopic (exact) mass is 409 g/mol. The average Bonchev–Trinajstić information content (AvgIpc) is 3.44. The molecule has 2 aromatic carbocycles. The quantitative estimate of drug-likeness (QED) is 0.824. The van der Waals surface area contributed by atoms with Crippen LogP contribution in [-0.2, 0) is 4.79 Å². The Morgan fingerprint density at radius 3 is 2.48 bits per heavy atom. The number of rotatable bonds is 5. The van der Waals surface area contributed by atoms with Gasteiger partial charge in [-0.15, -0.1) is 11.8 Å². The molecule has 2 aromatic rings. The van der Waals surface area contributed by atoms with Gasteiger partial charge in [-0.1, -0.05) is 48.5 Å². The van der Waals surface area contributed by atoms with E-state index in [1.165, 1.54) is 5.56 Å². The summed E-state index contributed by atoms with van der Waals surface area (Å²) in [5, 5.41) is 3.21. The van der Waals surface area contributed by atoms with Crippen LogP contribution in [0.25, 0.3) is 0 Å². The molecule has 29 heavy (non-hydrogen) atoms. The van der Waals surface area contributed by atoms with E-state index in [0.717, 1.165) is 19.5 Å². The van der Waals surface area contributed by atoms with Crippen molar-refractivity contribution in [2.75, 3.05) is 24.7 Å². The molecule has 3 atom stereocenters. The maximum Gasteiger partial charge on any atom is 0.255 e. The van der Waals surface area contributed by atoms with E-state index in [0.29, 0.717) is 23.2 Å². The summed E-state index contributed by atoms with van der Waals surface area (Å²) in [6.45, 7) is 4.02. The number of benzene rings is 2. The van der Waals surface area contributed by atoms with Gasteiger partial charge < -0.3 is 10.2 Å². The van der Waals surface area contributed by atoms with E-state index in [2.05, 4.69) is 41.4 Å².